The zero-order valence-corrected chi connectivity index (χ0v) is 14.6. The molecule has 7 heteroatoms. The fourth-order valence-corrected chi connectivity index (χ4v) is 2.30. The van der Waals surface area contributed by atoms with Gasteiger partial charge in [-0.25, -0.2) is 0 Å². The van der Waals surface area contributed by atoms with Crippen LogP contribution in [0, 0.1) is 0 Å². The maximum absolute atomic E-state index is 11.9. The molecule has 0 aliphatic heterocycles. The predicted octanol–water partition coefficient (Wildman–Crippen LogP) is 4.14. The van der Waals surface area contributed by atoms with Crippen LogP contribution in [0.3, 0.4) is 0 Å². The van der Waals surface area contributed by atoms with Gasteiger partial charge in [-0.1, -0.05) is 59.6 Å². The highest BCUT2D eigenvalue weighted by molar-refractivity contribution is 6.43. The molecule has 0 radical (unpaired) electrons. The first kappa shape index (κ1) is 19.0. The van der Waals surface area contributed by atoms with Gasteiger partial charge in [-0.15, -0.1) is 0 Å². The summed E-state index contributed by atoms with van der Waals surface area (Å²) in [7, 11) is 0. The van der Waals surface area contributed by atoms with Crippen LogP contribution in [0.4, 0.5) is 5.69 Å². The highest BCUT2D eigenvalue weighted by Gasteiger charge is 2.13. The molecule has 2 aromatic rings. The Morgan fingerprint density at radius 2 is 1.64 bits per heavy atom. The molecule has 0 aliphatic rings. The molecule has 25 heavy (non-hydrogen) atoms. The third-order valence-corrected chi connectivity index (χ3v) is 4.06. The number of carbonyl (C=O) groups is 3. The van der Waals surface area contributed by atoms with Crippen molar-refractivity contribution in [3.05, 3.63) is 64.1 Å². The van der Waals surface area contributed by atoms with Crippen LogP contribution in [0.2, 0.25) is 10.0 Å². The van der Waals surface area contributed by atoms with E-state index in [1.165, 1.54) is 0 Å². The van der Waals surface area contributed by atoms with Gasteiger partial charge in [0.25, 0.3) is 0 Å². The van der Waals surface area contributed by atoms with E-state index in [1.807, 2.05) is 0 Å². The van der Waals surface area contributed by atoms with Crippen LogP contribution in [0.15, 0.2) is 48.5 Å². The molecule has 130 valence electrons. The lowest BCUT2D eigenvalue weighted by Gasteiger charge is -2.08. The second-order valence-corrected chi connectivity index (χ2v) is 5.88. The summed E-state index contributed by atoms with van der Waals surface area (Å²) < 4.78 is 4.89. The van der Waals surface area contributed by atoms with Crippen LogP contribution in [0.5, 0.6) is 0 Å². The second kappa shape index (κ2) is 9.20. The number of ether oxygens (including phenoxy) is 1. The average Bonchev–Trinajstić information content (AvgIpc) is 2.62. The van der Waals surface area contributed by atoms with E-state index in [1.54, 1.807) is 48.5 Å². The Labute approximate surface area is 154 Å². The molecule has 0 bridgehead atoms. The molecule has 0 aromatic heterocycles. The van der Waals surface area contributed by atoms with Gasteiger partial charge >= 0.3 is 5.97 Å². The summed E-state index contributed by atoms with van der Waals surface area (Å²) in [4.78, 5) is 35.3. The van der Waals surface area contributed by atoms with Gasteiger partial charge in [0.1, 0.15) is 0 Å². The van der Waals surface area contributed by atoms with Gasteiger partial charge in [-0.3, -0.25) is 14.4 Å². The molecule has 2 aromatic carbocycles. The first-order valence-corrected chi connectivity index (χ1v) is 8.20. The fourth-order valence-electron chi connectivity index (χ4n) is 1.95. The van der Waals surface area contributed by atoms with Crippen molar-refractivity contribution in [2.24, 2.45) is 0 Å². The molecule has 2 rings (SSSR count). The van der Waals surface area contributed by atoms with Crippen LogP contribution in [0.1, 0.15) is 23.2 Å². The molecular weight excluding hydrogens is 365 g/mol. The van der Waals surface area contributed by atoms with Crippen LogP contribution in [-0.2, 0) is 14.3 Å². The summed E-state index contributed by atoms with van der Waals surface area (Å²) in [5, 5.41) is 3.12. The first-order valence-electron chi connectivity index (χ1n) is 7.45. The maximum atomic E-state index is 11.9. The van der Waals surface area contributed by atoms with E-state index < -0.39 is 11.9 Å². The van der Waals surface area contributed by atoms with Crippen molar-refractivity contribution in [3.63, 3.8) is 0 Å². The van der Waals surface area contributed by atoms with Crippen molar-refractivity contribution in [1.29, 1.82) is 0 Å². The van der Waals surface area contributed by atoms with Gasteiger partial charge in [-0.2, -0.15) is 0 Å². The monoisotopic (exact) mass is 379 g/mol. The summed E-state index contributed by atoms with van der Waals surface area (Å²) in [6.45, 7) is -0.357. The van der Waals surface area contributed by atoms with Gasteiger partial charge in [0.15, 0.2) is 12.4 Å². The highest BCUT2D eigenvalue weighted by Crippen LogP contribution is 2.29. The molecule has 1 N–H and O–H groups in total. The highest BCUT2D eigenvalue weighted by atomic mass is 35.5. The molecule has 0 spiro atoms. The number of carbonyl (C=O) groups excluding carboxylic acids is 3. The number of hydrogen-bond acceptors (Lipinski definition) is 4. The third-order valence-electron chi connectivity index (χ3n) is 3.24. The number of esters is 1. The lowest BCUT2D eigenvalue weighted by molar-refractivity contribution is -0.143. The molecule has 0 aliphatic carbocycles. The van der Waals surface area contributed by atoms with Crippen molar-refractivity contribution in [2.75, 3.05) is 11.9 Å². The number of rotatable bonds is 7. The van der Waals surface area contributed by atoms with Gasteiger partial charge in [0, 0.05) is 12.0 Å². The largest absolute Gasteiger partial charge is 0.457 e. The molecular formula is C18H15Cl2NO4. The van der Waals surface area contributed by atoms with E-state index in [9.17, 15) is 14.4 Å². The maximum Gasteiger partial charge on any atom is 0.306 e. The lowest BCUT2D eigenvalue weighted by Crippen LogP contribution is -2.17. The molecule has 5 nitrogen and oxygen atoms in total. The normalized spacial score (nSPS) is 10.2. The Balaban J connectivity index is 1.75. The molecule has 0 saturated heterocycles. The van der Waals surface area contributed by atoms with Crippen LogP contribution >= 0.6 is 23.2 Å². The number of amides is 1. The number of anilines is 1. The molecule has 0 saturated carbocycles. The Morgan fingerprint density at radius 3 is 2.36 bits per heavy atom. The quantitative estimate of drug-likeness (QED) is 0.579. The smallest absolute Gasteiger partial charge is 0.306 e. The van der Waals surface area contributed by atoms with Crippen molar-refractivity contribution >= 4 is 46.5 Å². The predicted molar refractivity (Wildman–Crippen MR) is 96.1 cm³/mol. The average molecular weight is 380 g/mol. The molecule has 0 fully saturated rings. The number of hydrogen-bond donors (Lipinski definition) is 1. The van der Waals surface area contributed by atoms with Crippen LogP contribution in [0.25, 0.3) is 0 Å². The van der Waals surface area contributed by atoms with Crippen LogP contribution < -0.4 is 5.32 Å². The topological polar surface area (TPSA) is 72.5 Å². The van der Waals surface area contributed by atoms with E-state index >= 15 is 0 Å². The van der Waals surface area contributed by atoms with Crippen LogP contribution in [-0.4, -0.2) is 24.3 Å². The first-order chi connectivity index (χ1) is 12.0. The van der Waals surface area contributed by atoms with Gasteiger partial charge in [-0.05, 0) is 12.1 Å². The molecule has 1 amide bonds. The standard InChI is InChI=1S/C18H15Cl2NO4/c19-13-7-4-8-14(18(13)20)21-16(23)9-10-17(24)25-11-15(22)12-5-2-1-3-6-12/h1-8H,9-11H2,(H,21,23). The second-order valence-electron chi connectivity index (χ2n) is 5.10. The number of ketones is 1. The molecule has 0 heterocycles. The zero-order valence-electron chi connectivity index (χ0n) is 13.1. The van der Waals surface area contributed by atoms with Crippen molar-refractivity contribution in [2.45, 2.75) is 12.8 Å². The number of Topliss-reactive ketones (excluding diaryl/α,β-unsaturated/α-hetero) is 1. The summed E-state index contributed by atoms with van der Waals surface area (Å²) in [5.41, 5.74) is 0.829. The van der Waals surface area contributed by atoms with E-state index in [0.29, 0.717) is 16.3 Å². The number of halogens is 2. The van der Waals surface area contributed by atoms with E-state index in [2.05, 4.69) is 5.32 Å². The summed E-state index contributed by atoms with van der Waals surface area (Å²) >= 11 is 11.8. The van der Waals surface area contributed by atoms with Gasteiger partial charge in [0.05, 0.1) is 22.2 Å². The summed E-state index contributed by atoms with van der Waals surface area (Å²) in [6.07, 6.45) is -0.243. The third kappa shape index (κ3) is 5.89. The summed E-state index contributed by atoms with van der Waals surface area (Å²) in [6, 6.07) is 13.3. The Hall–Kier alpha value is -2.37. The van der Waals surface area contributed by atoms with E-state index in [0.717, 1.165) is 0 Å². The van der Waals surface area contributed by atoms with Gasteiger partial charge in [0.2, 0.25) is 5.91 Å². The van der Waals surface area contributed by atoms with E-state index in [4.69, 9.17) is 27.9 Å². The SMILES string of the molecule is O=C(CCC(=O)OCC(=O)c1ccccc1)Nc1cccc(Cl)c1Cl. The lowest BCUT2D eigenvalue weighted by atomic mass is 10.1. The van der Waals surface area contributed by atoms with Crippen molar-refractivity contribution < 1.29 is 19.1 Å². The minimum absolute atomic E-state index is 0.0960. The van der Waals surface area contributed by atoms with Gasteiger partial charge < -0.3 is 10.1 Å². The Morgan fingerprint density at radius 1 is 0.920 bits per heavy atom. The van der Waals surface area contributed by atoms with E-state index in [-0.39, 0.29) is 30.3 Å². The van der Waals surface area contributed by atoms with Crippen molar-refractivity contribution in [3.8, 4) is 0 Å². The minimum atomic E-state index is -0.628. The fraction of sp³-hybridized carbons (Fsp3) is 0.167. The summed E-state index contributed by atoms with van der Waals surface area (Å²) in [5.74, 6) is -1.34. The number of benzene rings is 2. The molecule has 0 atom stereocenters. The van der Waals surface area contributed by atoms with Crippen molar-refractivity contribution in [1.82, 2.24) is 0 Å². The Bertz CT molecular complexity index is 778. The molecule has 0 unspecified atom stereocenters. The number of nitrogens with one attached hydrogen (secondary N) is 1. The Kier molecular flexibility index (Phi) is 6.98. The zero-order chi connectivity index (χ0) is 18.2. The minimum Gasteiger partial charge on any atom is -0.457 e.